The van der Waals surface area contributed by atoms with Crippen LogP contribution in [0.2, 0.25) is 0 Å². The Balaban J connectivity index is 1.24. The molecule has 11 heteroatoms. The van der Waals surface area contributed by atoms with Gasteiger partial charge in [-0.3, -0.25) is 9.10 Å². The molecule has 4 aromatic carbocycles. The normalized spacial score (nSPS) is 11.1. The number of benzene rings is 4. The maximum Gasteiger partial charge on any atom is 0.264 e. The van der Waals surface area contributed by atoms with Gasteiger partial charge < -0.3 is 10.1 Å². The Morgan fingerprint density at radius 2 is 1.51 bits per heavy atom. The Morgan fingerprint density at radius 1 is 0.846 bits per heavy atom. The second kappa shape index (κ2) is 11.6. The summed E-state index contributed by atoms with van der Waals surface area (Å²) in [5, 5.41) is 13.7. The number of nitrogens with one attached hydrogen (secondary N) is 1. The Morgan fingerprint density at radius 3 is 2.15 bits per heavy atom. The molecular formula is C28H24N6O4S. The molecule has 1 N–H and O–H groups in total. The average Bonchev–Trinajstić information content (AvgIpc) is 3.52. The summed E-state index contributed by atoms with van der Waals surface area (Å²) in [5.74, 6) is 0.119. The van der Waals surface area contributed by atoms with E-state index in [0.717, 1.165) is 11.3 Å². The smallest absolute Gasteiger partial charge is 0.264 e. The van der Waals surface area contributed by atoms with Crippen molar-refractivity contribution in [2.45, 2.75) is 11.4 Å². The number of hydrogen-bond donors (Lipinski definition) is 1. The molecule has 5 aromatic rings. The van der Waals surface area contributed by atoms with Gasteiger partial charge in [0.15, 0.2) is 6.61 Å². The zero-order valence-corrected chi connectivity index (χ0v) is 21.5. The van der Waals surface area contributed by atoms with Crippen molar-refractivity contribution in [2.24, 2.45) is 0 Å². The number of nitrogens with zero attached hydrogens (tertiary/aromatic N) is 5. The minimum absolute atomic E-state index is 0.110. The van der Waals surface area contributed by atoms with E-state index in [1.54, 1.807) is 60.7 Å². The third-order valence-electron chi connectivity index (χ3n) is 5.76. The first-order valence-corrected chi connectivity index (χ1v) is 13.4. The highest BCUT2D eigenvalue weighted by atomic mass is 32.2. The number of aromatic nitrogens is 4. The minimum Gasteiger partial charge on any atom is -0.484 e. The number of para-hydroxylation sites is 1. The van der Waals surface area contributed by atoms with Crippen molar-refractivity contribution in [1.82, 2.24) is 20.2 Å². The number of carbonyl (C=O) groups excluding carboxylic acids is 1. The SMILES string of the molecule is O=C(COc1ccc(-n2cnnn2)cc1)Nc1ccc(S(=O)(=O)N(Cc2ccccc2)c2ccccc2)cc1. The zero-order valence-electron chi connectivity index (χ0n) is 20.7. The second-order valence-electron chi connectivity index (χ2n) is 8.44. The third kappa shape index (κ3) is 6.28. The van der Waals surface area contributed by atoms with Crippen molar-refractivity contribution in [2.75, 3.05) is 16.2 Å². The van der Waals surface area contributed by atoms with Gasteiger partial charge in [0.05, 0.1) is 22.8 Å². The van der Waals surface area contributed by atoms with Gasteiger partial charge in [0, 0.05) is 5.69 Å². The molecule has 0 spiro atoms. The molecule has 0 fully saturated rings. The van der Waals surface area contributed by atoms with Crippen molar-refractivity contribution in [3.05, 3.63) is 121 Å². The predicted octanol–water partition coefficient (Wildman–Crippen LogP) is 4.08. The average molecular weight is 541 g/mol. The van der Waals surface area contributed by atoms with Crippen LogP contribution in [-0.4, -0.2) is 41.1 Å². The lowest BCUT2D eigenvalue weighted by Crippen LogP contribution is -2.30. The van der Waals surface area contributed by atoms with Crippen molar-refractivity contribution >= 4 is 27.3 Å². The van der Waals surface area contributed by atoms with Crippen LogP contribution in [-0.2, 0) is 21.4 Å². The maximum atomic E-state index is 13.6. The van der Waals surface area contributed by atoms with E-state index in [0.29, 0.717) is 17.1 Å². The van der Waals surface area contributed by atoms with Gasteiger partial charge in [0.25, 0.3) is 15.9 Å². The van der Waals surface area contributed by atoms with Gasteiger partial charge in [-0.15, -0.1) is 5.10 Å². The predicted molar refractivity (Wildman–Crippen MR) is 146 cm³/mol. The van der Waals surface area contributed by atoms with Gasteiger partial charge in [0.1, 0.15) is 12.1 Å². The first-order chi connectivity index (χ1) is 19.0. The number of hydrogen-bond acceptors (Lipinski definition) is 7. The highest BCUT2D eigenvalue weighted by molar-refractivity contribution is 7.92. The molecule has 196 valence electrons. The van der Waals surface area contributed by atoms with E-state index in [1.165, 1.54) is 27.4 Å². The van der Waals surface area contributed by atoms with Crippen LogP contribution in [0.15, 0.2) is 120 Å². The van der Waals surface area contributed by atoms with Gasteiger partial charge >= 0.3 is 0 Å². The molecular weight excluding hydrogens is 516 g/mol. The maximum absolute atomic E-state index is 13.6. The first-order valence-electron chi connectivity index (χ1n) is 12.0. The summed E-state index contributed by atoms with van der Waals surface area (Å²) in [5.41, 5.74) is 2.62. The quantitative estimate of drug-likeness (QED) is 0.284. The highest BCUT2D eigenvalue weighted by Gasteiger charge is 2.25. The van der Waals surface area contributed by atoms with E-state index < -0.39 is 10.0 Å². The molecule has 0 radical (unpaired) electrons. The molecule has 0 saturated heterocycles. The standard InChI is InChI=1S/C28H24N6O4S/c35-28(20-38-26-15-13-24(14-16-26)33-21-29-31-32-33)30-23-11-17-27(18-12-23)39(36,37)34(25-9-5-2-6-10-25)19-22-7-3-1-4-8-22/h1-18,21H,19-20H2,(H,30,35). The van der Waals surface area contributed by atoms with E-state index >= 15 is 0 Å². The summed E-state index contributed by atoms with van der Waals surface area (Å²) in [7, 11) is -3.88. The Labute approximate surface area is 225 Å². The largest absolute Gasteiger partial charge is 0.484 e. The number of amides is 1. The van der Waals surface area contributed by atoms with Crippen LogP contribution in [0.4, 0.5) is 11.4 Å². The van der Waals surface area contributed by atoms with E-state index in [9.17, 15) is 13.2 Å². The van der Waals surface area contributed by atoms with Crippen LogP contribution >= 0.6 is 0 Å². The fourth-order valence-corrected chi connectivity index (χ4v) is 5.27. The molecule has 0 atom stereocenters. The molecule has 0 saturated carbocycles. The number of carbonyl (C=O) groups is 1. The fourth-order valence-electron chi connectivity index (χ4n) is 3.82. The van der Waals surface area contributed by atoms with Crippen LogP contribution in [0.5, 0.6) is 5.75 Å². The van der Waals surface area contributed by atoms with Gasteiger partial charge in [-0.1, -0.05) is 48.5 Å². The van der Waals surface area contributed by atoms with Gasteiger partial charge in [-0.25, -0.2) is 13.1 Å². The minimum atomic E-state index is -3.88. The first kappa shape index (κ1) is 25.6. The van der Waals surface area contributed by atoms with Crippen molar-refractivity contribution < 1.29 is 17.9 Å². The number of tetrazole rings is 1. The second-order valence-corrected chi connectivity index (χ2v) is 10.3. The van der Waals surface area contributed by atoms with Crippen LogP contribution in [0.25, 0.3) is 5.69 Å². The van der Waals surface area contributed by atoms with Crippen LogP contribution < -0.4 is 14.4 Å². The van der Waals surface area contributed by atoms with E-state index in [-0.39, 0.29) is 24.0 Å². The molecule has 0 aliphatic heterocycles. The summed E-state index contributed by atoms with van der Waals surface area (Å²) in [6, 6.07) is 31.3. The molecule has 5 rings (SSSR count). The zero-order chi connectivity index (χ0) is 27.1. The highest BCUT2D eigenvalue weighted by Crippen LogP contribution is 2.26. The molecule has 1 amide bonds. The van der Waals surface area contributed by atoms with Crippen LogP contribution in [0, 0.1) is 0 Å². The molecule has 0 bridgehead atoms. The summed E-state index contributed by atoms with van der Waals surface area (Å²) in [4.78, 5) is 12.5. The Bertz CT molecular complexity index is 1610. The lowest BCUT2D eigenvalue weighted by molar-refractivity contribution is -0.118. The van der Waals surface area contributed by atoms with E-state index in [2.05, 4.69) is 20.8 Å². The van der Waals surface area contributed by atoms with Gasteiger partial charge in [-0.2, -0.15) is 0 Å². The Kier molecular flexibility index (Phi) is 7.60. The number of ether oxygens (including phenoxy) is 1. The molecule has 0 unspecified atom stereocenters. The summed E-state index contributed by atoms with van der Waals surface area (Å²) in [6.07, 6.45) is 1.47. The number of anilines is 2. The van der Waals surface area contributed by atoms with Gasteiger partial charge in [-0.05, 0) is 76.7 Å². The van der Waals surface area contributed by atoms with Crippen molar-refractivity contribution in [3.8, 4) is 11.4 Å². The van der Waals surface area contributed by atoms with Crippen LogP contribution in [0.3, 0.4) is 0 Å². The number of sulfonamides is 1. The molecule has 39 heavy (non-hydrogen) atoms. The number of rotatable bonds is 10. The lowest BCUT2D eigenvalue weighted by atomic mass is 10.2. The van der Waals surface area contributed by atoms with Crippen molar-refractivity contribution in [3.63, 3.8) is 0 Å². The molecule has 1 heterocycles. The van der Waals surface area contributed by atoms with E-state index in [1.807, 2.05) is 36.4 Å². The van der Waals surface area contributed by atoms with Gasteiger partial charge in [0.2, 0.25) is 0 Å². The fraction of sp³-hybridized carbons (Fsp3) is 0.0714. The summed E-state index contributed by atoms with van der Waals surface area (Å²) in [6.45, 7) is -0.0388. The monoisotopic (exact) mass is 540 g/mol. The summed E-state index contributed by atoms with van der Waals surface area (Å²) >= 11 is 0. The van der Waals surface area contributed by atoms with E-state index in [4.69, 9.17) is 4.74 Å². The lowest BCUT2D eigenvalue weighted by Gasteiger charge is -2.25. The molecule has 0 aliphatic carbocycles. The van der Waals surface area contributed by atoms with Crippen LogP contribution in [0.1, 0.15) is 5.56 Å². The Hall–Kier alpha value is -5.03. The molecule has 10 nitrogen and oxygen atoms in total. The third-order valence-corrected chi connectivity index (χ3v) is 7.55. The molecule has 1 aromatic heterocycles. The van der Waals surface area contributed by atoms with Crippen molar-refractivity contribution in [1.29, 1.82) is 0 Å². The summed E-state index contributed by atoms with van der Waals surface area (Å²) < 4.78 is 35.7. The topological polar surface area (TPSA) is 119 Å². The molecule has 0 aliphatic rings.